The number of fused-ring (bicyclic) bond motifs is 20. The first-order valence-corrected chi connectivity index (χ1v) is 12.9. The van der Waals surface area contributed by atoms with Crippen molar-refractivity contribution in [1.29, 1.82) is 0 Å². The lowest BCUT2D eigenvalue weighted by Gasteiger charge is -1.99. The number of benzene rings is 4. The van der Waals surface area contributed by atoms with Gasteiger partial charge in [0.1, 0.15) is 11.3 Å². The molecule has 1 N–H and O–H groups in total. The van der Waals surface area contributed by atoms with Crippen LogP contribution >= 0.6 is 0 Å². The van der Waals surface area contributed by atoms with Crippen LogP contribution in [0, 0.1) is 0 Å². The van der Waals surface area contributed by atoms with Gasteiger partial charge in [-0.25, -0.2) is 19.9 Å². The normalized spacial score (nSPS) is 12.0. The fourth-order valence-corrected chi connectivity index (χ4v) is 5.52. The number of aromatic nitrogens is 8. The standard InChI is InChI=1S/C32H17N8/c1-2-10-18-17(9-1)25-33-26(18)38-28-21-13-5-6-14-22(21)30(35-28)40-32-24-16-8-7-15-23(24)31(36-32)39-29-20-12-4-3-11-19(20)27(34-29)37-25/h1-16H,(H-,33,34,35,36,37,38,39,40)/q-1. The lowest BCUT2D eigenvalue weighted by Crippen LogP contribution is -1.84. The van der Waals surface area contributed by atoms with Crippen molar-refractivity contribution >= 4 is 44.1 Å². The van der Waals surface area contributed by atoms with E-state index >= 15 is 0 Å². The van der Waals surface area contributed by atoms with Gasteiger partial charge in [-0.15, -0.1) is 0 Å². The summed E-state index contributed by atoms with van der Waals surface area (Å²) in [6.45, 7) is 0. The highest BCUT2D eigenvalue weighted by Gasteiger charge is 2.19. The number of rotatable bonds is 0. The van der Waals surface area contributed by atoms with E-state index in [2.05, 4.69) is 4.98 Å². The van der Waals surface area contributed by atoms with Gasteiger partial charge in [0.25, 0.3) is 0 Å². The molecule has 7 aromatic rings. The van der Waals surface area contributed by atoms with E-state index in [9.17, 15) is 0 Å². The Bertz CT molecular complexity index is 2030. The number of nitrogens with one attached hydrogen (secondary N) is 1. The molecule has 0 fully saturated rings. The summed E-state index contributed by atoms with van der Waals surface area (Å²) in [4.78, 5) is 38.0. The van der Waals surface area contributed by atoms with Crippen LogP contribution in [0.15, 0.2) is 97.1 Å². The van der Waals surface area contributed by atoms with E-state index in [4.69, 9.17) is 34.9 Å². The van der Waals surface area contributed by atoms with Gasteiger partial charge < -0.3 is 19.9 Å². The minimum absolute atomic E-state index is 0.560. The summed E-state index contributed by atoms with van der Waals surface area (Å²) in [6.07, 6.45) is 0. The second-order valence-electron chi connectivity index (χ2n) is 9.73. The topological polar surface area (TPSA) is 107 Å². The summed E-state index contributed by atoms with van der Waals surface area (Å²) in [6, 6.07) is 32.0. The summed E-state index contributed by atoms with van der Waals surface area (Å²) >= 11 is 0. The quantitative estimate of drug-likeness (QED) is 0.247. The number of hydrogen-bond acceptors (Lipinski definition) is 6. The van der Waals surface area contributed by atoms with E-state index < -0.39 is 0 Å². The Balaban J connectivity index is 1.51. The highest BCUT2D eigenvalue weighted by molar-refractivity contribution is 6.06. The molecule has 3 aromatic heterocycles. The molecule has 0 spiro atoms. The Morgan fingerprint density at radius 1 is 0.375 bits per heavy atom. The first-order valence-electron chi connectivity index (χ1n) is 12.9. The number of aromatic amines is 1. The predicted octanol–water partition coefficient (Wildman–Crippen LogP) is 6.50. The average Bonchev–Trinajstić information content (AvgIpc) is 3.73. The van der Waals surface area contributed by atoms with Gasteiger partial charge in [0, 0.05) is 44.3 Å². The Hall–Kier alpha value is -5.76. The zero-order chi connectivity index (χ0) is 26.2. The molecule has 2 aliphatic rings. The lowest BCUT2D eigenvalue weighted by molar-refractivity contribution is 1.19. The first-order chi connectivity index (χ1) is 19.8. The van der Waals surface area contributed by atoms with Gasteiger partial charge in [0.05, 0.1) is 11.6 Å². The molecule has 0 unspecified atom stereocenters. The van der Waals surface area contributed by atoms with Crippen LogP contribution in [-0.4, -0.2) is 34.9 Å². The molecule has 5 heterocycles. The lowest BCUT2D eigenvalue weighted by atomic mass is 10.1. The van der Waals surface area contributed by atoms with Crippen molar-refractivity contribution in [2.24, 2.45) is 0 Å². The highest BCUT2D eigenvalue weighted by Crippen LogP contribution is 2.36. The number of hydrogen-bond donors (Lipinski definition) is 1. The van der Waals surface area contributed by atoms with Gasteiger partial charge in [-0.3, -0.25) is 0 Å². The molecule has 0 saturated carbocycles. The van der Waals surface area contributed by atoms with E-state index in [1.54, 1.807) is 0 Å². The molecule has 0 atom stereocenters. The van der Waals surface area contributed by atoms with Gasteiger partial charge in [0.2, 0.25) is 0 Å². The van der Waals surface area contributed by atoms with Gasteiger partial charge in [-0.05, 0) is 10.8 Å². The van der Waals surface area contributed by atoms with Crippen LogP contribution in [0.25, 0.3) is 89.7 Å². The fourth-order valence-electron chi connectivity index (χ4n) is 5.52. The molecule has 8 bridgehead atoms. The predicted molar refractivity (Wildman–Crippen MR) is 155 cm³/mol. The molecule has 4 aromatic carbocycles. The van der Waals surface area contributed by atoms with E-state index in [-0.39, 0.29) is 0 Å². The Morgan fingerprint density at radius 3 is 1.15 bits per heavy atom. The van der Waals surface area contributed by atoms with Gasteiger partial charge in [-0.1, -0.05) is 97.1 Å². The molecule has 0 saturated heterocycles. The highest BCUT2D eigenvalue weighted by atomic mass is 15.1. The van der Waals surface area contributed by atoms with Crippen LogP contribution in [-0.2, 0) is 0 Å². The maximum atomic E-state index is 5.00. The largest absolute Gasteiger partial charge is 0.357 e. The molecule has 8 nitrogen and oxygen atoms in total. The molecule has 2 aliphatic heterocycles. The van der Waals surface area contributed by atoms with Crippen LogP contribution in [0.5, 0.6) is 0 Å². The molecule has 186 valence electrons. The Kier molecular flexibility index (Phi) is 4.17. The summed E-state index contributed by atoms with van der Waals surface area (Å²) in [7, 11) is 0. The van der Waals surface area contributed by atoms with Gasteiger partial charge in [0.15, 0.2) is 11.6 Å². The summed E-state index contributed by atoms with van der Waals surface area (Å²) < 4.78 is 0. The molecule has 8 heteroatoms. The van der Waals surface area contributed by atoms with E-state index in [1.165, 1.54) is 0 Å². The van der Waals surface area contributed by atoms with Crippen LogP contribution in [0.1, 0.15) is 0 Å². The average molecular weight is 514 g/mol. The maximum Gasteiger partial charge on any atom is 0.163 e. The fraction of sp³-hybridized carbons (Fsp3) is 0. The number of nitrogens with zero attached hydrogens (tertiary/aromatic N) is 7. The molecular formula is C32H17N8-. The Labute approximate surface area is 226 Å². The monoisotopic (exact) mass is 513 g/mol. The third-order valence-corrected chi connectivity index (χ3v) is 7.40. The third kappa shape index (κ3) is 3.01. The third-order valence-electron chi connectivity index (χ3n) is 7.40. The minimum atomic E-state index is 0.560. The van der Waals surface area contributed by atoms with E-state index in [0.717, 1.165) is 43.8 Å². The molecule has 0 aliphatic carbocycles. The molecule has 0 radical (unpaired) electrons. The van der Waals surface area contributed by atoms with Crippen molar-refractivity contribution in [2.75, 3.05) is 0 Å². The van der Waals surface area contributed by atoms with Crippen molar-refractivity contribution in [3.8, 4) is 45.6 Å². The van der Waals surface area contributed by atoms with E-state index in [1.807, 2.05) is 97.1 Å². The van der Waals surface area contributed by atoms with Gasteiger partial charge >= 0.3 is 0 Å². The van der Waals surface area contributed by atoms with Crippen molar-refractivity contribution in [3.05, 3.63) is 97.1 Å². The van der Waals surface area contributed by atoms with Crippen LogP contribution in [0.3, 0.4) is 0 Å². The smallest absolute Gasteiger partial charge is 0.163 e. The SMILES string of the molecule is c1ccc2c(c1)-c1nc-2nc2[nH]c(nc3nc(nc4[n-]c(n1)c1ccccc41)-c1ccccc1-3)c1ccccc21. The van der Waals surface area contributed by atoms with Crippen LogP contribution in [0.4, 0.5) is 0 Å². The summed E-state index contributed by atoms with van der Waals surface area (Å²) in [5.74, 6) is 2.30. The van der Waals surface area contributed by atoms with Crippen molar-refractivity contribution in [2.45, 2.75) is 0 Å². The van der Waals surface area contributed by atoms with Gasteiger partial charge in [-0.2, -0.15) is 0 Å². The number of H-pyrrole nitrogens is 1. The van der Waals surface area contributed by atoms with E-state index in [0.29, 0.717) is 45.9 Å². The second kappa shape index (κ2) is 7.87. The zero-order valence-corrected chi connectivity index (χ0v) is 20.9. The molecule has 9 rings (SSSR count). The molecule has 0 amide bonds. The van der Waals surface area contributed by atoms with Crippen LogP contribution in [0.2, 0.25) is 0 Å². The maximum absolute atomic E-state index is 5.00. The van der Waals surface area contributed by atoms with Crippen molar-refractivity contribution in [3.63, 3.8) is 0 Å². The summed E-state index contributed by atoms with van der Waals surface area (Å²) in [5.41, 5.74) is 6.11. The van der Waals surface area contributed by atoms with Crippen LogP contribution < -0.4 is 4.98 Å². The summed E-state index contributed by atoms with van der Waals surface area (Å²) in [5, 5.41) is 3.70. The van der Waals surface area contributed by atoms with Crippen molar-refractivity contribution in [1.82, 2.24) is 39.9 Å². The zero-order valence-electron chi connectivity index (χ0n) is 20.9. The Morgan fingerprint density at radius 2 is 0.725 bits per heavy atom. The second-order valence-corrected chi connectivity index (χ2v) is 9.73. The first kappa shape index (κ1) is 21.2. The van der Waals surface area contributed by atoms with Crippen molar-refractivity contribution < 1.29 is 0 Å². The minimum Gasteiger partial charge on any atom is -0.357 e. The molecular weight excluding hydrogens is 496 g/mol. The molecule has 40 heavy (non-hydrogen) atoms.